The van der Waals surface area contributed by atoms with Crippen LogP contribution >= 0.6 is 0 Å². The Kier molecular flexibility index (Phi) is 2.53. The number of fused-ring (bicyclic) bond motifs is 1. The summed E-state index contributed by atoms with van der Waals surface area (Å²) in [5.41, 5.74) is 0.529. The second-order valence-electron chi connectivity index (χ2n) is 2.91. The van der Waals surface area contributed by atoms with Gasteiger partial charge < -0.3 is 14.6 Å². The van der Waals surface area contributed by atoms with Crippen molar-refractivity contribution in [1.82, 2.24) is 4.98 Å². The van der Waals surface area contributed by atoms with Gasteiger partial charge in [-0.3, -0.25) is 0 Å². The van der Waals surface area contributed by atoms with Crippen molar-refractivity contribution in [3.63, 3.8) is 0 Å². The summed E-state index contributed by atoms with van der Waals surface area (Å²) in [5.74, 6) is -0.00537. The van der Waals surface area contributed by atoms with Crippen LogP contribution in [0.4, 0.5) is 0 Å². The van der Waals surface area contributed by atoms with E-state index in [9.17, 15) is 4.79 Å². The van der Waals surface area contributed by atoms with E-state index in [-0.39, 0.29) is 0 Å². The van der Waals surface area contributed by atoms with E-state index in [0.29, 0.717) is 30.5 Å². The lowest BCUT2D eigenvalue weighted by atomic mass is 10.3. The molecule has 0 bridgehead atoms. The molecule has 0 fully saturated rings. The molecule has 0 radical (unpaired) electrons. The Balaban J connectivity index is 2.24. The van der Waals surface area contributed by atoms with Crippen molar-refractivity contribution in [3.05, 3.63) is 23.9 Å². The second kappa shape index (κ2) is 4.00. The molecule has 0 aliphatic carbocycles. The first kappa shape index (κ1) is 9.51. The first-order valence-electron chi connectivity index (χ1n) is 4.43. The van der Waals surface area contributed by atoms with Crippen LogP contribution < -0.4 is 9.47 Å². The summed E-state index contributed by atoms with van der Waals surface area (Å²) in [6.07, 6.45) is 2.43. The maximum absolute atomic E-state index is 10.3. The number of carbonyl (C=O) groups is 1. The number of aliphatic carboxylic acids is 1. The maximum Gasteiger partial charge on any atom is 0.328 e. The highest BCUT2D eigenvalue weighted by Gasteiger charge is 2.12. The summed E-state index contributed by atoms with van der Waals surface area (Å²) >= 11 is 0. The first-order chi connectivity index (χ1) is 7.25. The van der Waals surface area contributed by atoms with Crippen molar-refractivity contribution in [3.8, 4) is 11.6 Å². The molecule has 2 heterocycles. The van der Waals surface area contributed by atoms with Crippen LogP contribution in [0, 0.1) is 0 Å². The highest BCUT2D eigenvalue weighted by atomic mass is 16.6. The van der Waals surface area contributed by atoms with E-state index >= 15 is 0 Å². The number of hydrogen-bond donors (Lipinski definition) is 1. The standard InChI is InChI=1S/C10H9NO4/c12-9(13)4-2-7-1-3-8-10(11-7)15-6-5-14-8/h1-4H,5-6H2,(H,12,13)/b4-2+. The summed E-state index contributed by atoms with van der Waals surface area (Å²) in [7, 11) is 0. The molecule has 0 saturated carbocycles. The Hall–Kier alpha value is -2.04. The van der Waals surface area contributed by atoms with E-state index in [1.165, 1.54) is 6.08 Å². The first-order valence-corrected chi connectivity index (χ1v) is 4.43. The fourth-order valence-corrected chi connectivity index (χ4v) is 1.19. The van der Waals surface area contributed by atoms with Crippen molar-refractivity contribution in [2.24, 2.45) is 0 Å². The Morgan fingerprint density at radius 1 is 1.40 bits per heavy atom. The van der Waals surface area contributed by atoms with Crippen molar-refractivity contribution >= 4 is 12.0 Å². The predicted molar refractivity (Wildman–Crippen MR) is 51.9 cm³/mol. The van der Waals surface area contributed by atoms with Crippen molar-refractivity contribution < 1.29 is 19.4 Å². The third kappa shape index (κ3) is 2.25. The van der Waals surface area contributed by atoms with Crippen LogP contribution in [0.15, 0.2) is 18.2 Å². The molecule has 0 saturated heterocycles. The van der Waals surface area contributed by atoms with E-state index in [1.54, 1.807) is 12.1 Å². The largest absolute Gasteiger partial charge is 0.484 e. The summed E-state index contributed by atoms with van der Waals surface area (Å²) in [6.45, 7) is 0.977. The molecule has 1 aliphatic heterocycles. The third-order valence-electron chi connectivity index (χ3n) is 1.82. The topological polar surface area (TPSA) is 68.7 Å². The highest BCUT2D eigenvalue weighted by molar-refractivity contribution is 5.84. The number of rotatable bonds is 2. The van der Waals surface area contributed by atoms with Gasteiger partial charge in [-0.15, -0.1) is 0 Å². The lowest BCUT2D eigenvalue weighted by Gasteiger charge is -2.16. The summed E-state index contributed by atoms with van der Waals surface area (Å²) < 4.78 is 10.5. The zero-order valence-corrected chi connectivity index (χ0v) is 7.84. The fraction of sp³-hybridized carbons (Fsp3) is 0.200. The molecule has 0 unspecified atom stereocenters. The summed E-state index contributed by atoms with van der Waals surface area (Å²) in [5, 5.41) is 8.44. The predicted octanol–water partition coefficient (Wildman–Crippen LogP) is 0.951. The molecule has 0 spiro atoms. The number of nitrogens with zero attached hydrogens (tertiary/aromatic N) is 1. The van der Waals surface area contributed by atoms with E-state index < -0.39 is 5.97 Å². The SMILES string of the molecule is O=C(O)/C=C/c1ccc2c(n1)OCCO2. The molecule has 78 valence electrons. The van der Waals surface area contributed by atoms with Crippen LogP contribution in [0.2, 0.25) is 0 Å². The minimum absolute atomic E-state index is 0.411. The van der Waals surface area contributed by atoms with E-state index in [0.717, 1.165) is 6.08 Å². The van der Waals surface area contributed by atoms with Gasteiger partial charge >= 0.3 is 5.97 Å². The number of carboxylic acids is 1. The van der Waals surface area contributed by atoms with Crippen molar-refractivity contribution in [1.29, 1.82) is 0 Å². The zero-order chi connectivity index (χ0) is 10.7. The molecule has 5 nitrogen and oxygen atoms in total. The minimum Gasteiger partial charge on any atom is -0.484 e. The molecule has 1 N–H and O–H groups in total. The van der Waals surface area contributed by atoms with Crippen LogP contribution in [0.3, 0.4) is 0 Å². The number of pyridine rings is 1. The molecule has 15 heavy (non-hydrogen) atoms. The van der Waals surface area contributed by atoms with Crippen LogP contribution in [-0.4, -0.2) is 29.3 Å². The van der Waals surface area contributed by atoms with E-state index in [1.807, 2.05) is 0 Å². The summed E-state index contributed by atoms with van der Waals surface area (Å²) in [6, 6.07) is 3.38. The summed E-state index contributed by atoms with van der Waals surface area (Å²) in [4.78, 5) is 14.4. The molecule has 0 amide bonds. The molecule has 5 heteroatoms. The van der Waals surface area contributed by atoms with Crippen LogP contribution in [0.25, 0.3) is 6.08 Å². The van der Waals surface area contributed by atoms with Crippen molar-refractivity contribution in [2.75, 3.05) is 13.2 Å². The quantitative estimate of drug-likeness (QED) is 0.731. The second-order valence-corrected chi connectivity index (χ2v) is 2.91. The van der Waals surface area contributed by atoms with Gasteiger partial charge in [0.25, 0.3) is 5.88 Å². The van der Waals surface area contributed by atoms with Crippen LogP contribution in [0.1, 0.15) is 5.69 Å². The third-order valence-corrected chi connectivity index (χ3v) is 1.82. The maximum atomic E-state index is 10.3. The molecule has 2 rings (SSSR count). The number of carboxylic acid groups (broad SMARTS) is 1. The normalized spacial score (nSPS) is 14.1. The van der Waals surface area contributed by atoms with Gasteiger partial charge in [0.1, 0.15) is 13.2 Å². The molecule has 0 aromatic carbocycles. The molecular weight excluding hydrogens is 198 g/mol. The lowest BCUT2D eigenvalue weighted by Crippen LogP contribution is -2.16. The van der Waals surface area contributed by atoms with Gasteiger partial charge in [-0.25, -0.2) is 9.78 Å². The van der Waals surface area contributed by atoms with Gasteiger partial charge in [-0.1, -0.05) is 0 Å². The molecule has 0 atom stereocenters. The van der Waals surface area contributed by atoms with Gasteiger partial charge in [0.2, 0.25) is 0 Å². The van der Waals surface area contributed by atoms with Gasteiger partial charge in [0.15, 0.2) is 5.75 Å². The Morgan fingerprint density at radius 2 is 2.20 bits per heavy atom. The molecular formula is C10H9NO4. The number of hydrogen-bond acceptors (Lipinski definition) is 4. The molecule has 1 aliphatic rings. The van der Waals surface area contributed by atoms with E-state index in [4.69, 9.17) is 14.6 Å². The Bertz CT molecular complexity index is 414. The highest BCUT2D eigenvalue weighted by Crippen LogP contribution is 2.27. The van der Waals surface area contributed by atoms with Gasteiger partial charge in [0, 0.05) is 6.08 Å². The zero-order valence-electron chi connectivity index (χ0n) is 7.84. The molecule has 1 aromatic heterocycles. The fourth-order valence-electron chi connectivity index (χ4n) is 1.19. The number of aromatic nitrogens is 1. The average molecular weight is 207 g/mol. The van der Waals surface area contributed by atoms with Crippen molar-refractivity contribution in [2.45, 2.75) is 0 Å². The van der Waals surface area contributed by atoms with Crippen LogP contribution in [-0.2, 0) is 4.79 Å². The van der Waals surface area contributed by atoms with Gasteiger partial charge in [0.05, 0.1) is 5.69 Å². The smallest absolute Gasteiger partial charge is 0.328 e. The van der Waals surface area contributed by atoms with E-state index in [2.05, 4.69) is 4.98 Å². The minimum atomic E-state index is -1.01. The lowest BCUT2D eigenvalue weighted by molar-refractivity contribution is -0.131. The monoisotopic (exact) mass is 207 g/mol. The number of ether oxygens (including phenoxy) is 2. The molecule has 1 aromatic rings. The van der Waals surface area contributed by atoms with Gasteiger partial charge in [-0.2, -0.15) is 0 Å². The Labute approximate surface area is 86.0 Å². The van der Waals surface area contributed by atoms with Crippen LogP contribution in [0.5, 0.6) is 11.6 Å². The Morgan fingerprint density at radius 3 is 3.00 bits per heavy atom. The average Bonchev–Trinajstić information content (AvgIpc) is 2.26. The van der Waals surface area contributed by atoms with Gasteiger partial charge in [-0.05, 0) is 18.2 Å².